The van der Waals surface area contributed by atoms with Gasteiger partial charge >= 0.3 is 17.1 Å². The number of benzene rings is 1. The van der Waals surface area contributed by atoms with Crippen LogP contribution in [0.5, 0.6) is 0 Å². The lowest BCUT2D eigenvalue weighted by Crippen LogP contribution is -2.29. The summed E-state index contributed by atoms with van der Waals surface area (Å²) in [6.45, 7) is 0. The van der Waals surface area contributed by atoms with E-state index in [0.717, 1.165) is 0 Å². The molecule has 1 saturated carbocycles. The van der Waals surface area contributed by atoms with Crippen LogP contribution in [0.1, 0.15) is 18.4 Å². The molecule has 1 fully saturated rings. The maximum absolute atomic E-state index is 11.2. The third-order valence-corrected chi connectivity index (χ3v) is 3.43. The second kappa shape index (κ2) is 3.32. The molecule has 92 valence electrons. The summed E-state index contributed by atoms with van der Waals surface area (Å²) in [5.41, 5.74) is -0.671. The van der Waals surface area contributed by atoms with Crippen LogP contribution in [0.4, 0.5) is 0 Å². The second-order valence-corrected chi connectivity index (χ2v) is 4.56. The van der Waals surface area contributed by atoms with Gasteiger partial charge in [0.25, 0.3) is 0 Å². The molecule has 6 nitrogen and oxygen atoms in total. The van der Waals surface area contributed by atoms with E-state index in [-0.39, 0.29) is 0 Å². The quantitative estimate of drug-likeness (QED) is 0.664. The van der Waals surface area contributed by atoms with Gasteiger partial charge in [0.05, 0.1) is 16.4 Å². The van der Waals surface area contributed by atoms with Crippen LogP contribution in [0.15, 0.2) is 27.8 Å². The Balaban J connectivity index is 2.23. The van der Waals surface area contributed by atoms with Gasteiger partial charge in [-0.3, -0.25) is 14.4 Å². The molecule has 2 aromatic rings. The van der Waals surface area contributed by atoms with E-state index in [0.29, 0.717) is 29.4 Å². The monoisotopic (exact) mass is 246 g/mol. The number of fused-ring (bicyclic) bond motifs is 1. The molecule has 3 N–H and O–H groups in total. The van der Waals surface area contributed by atoms with Gasteiger partial charge in [0.2, 0.25) is 0 Å². The fourth-order valence-corrected chi connectivity index (χ4v) is 2.16. The molecule has 0 aliphatic heterocycles. The maximum Gasteiger partial charge on any atom is 0.314 e. The summed E-state index contributed by atoms with van der Waals surface area (Å²) in [4.78, 5) is 38.5. The number of carboxylic acid groups (broad SMARTS) is 1. The van der Waals surface area contributed by atoms with E-state index in [2.05, 4.69) is 9.97 Å². The molecule has 0 unspecified atom stereocenters. The minimum Gasteiger partial charge on any atom is -0.481 e. The minimum absolute atomic E-state index is 0.449. The Labute approximate surface area is 100 Å². The molecule has 1 aliphatic carbocycles. The van der Waals surface area contributed by atoms with Crippen molar-refractivity contribution in [3.05, 3.63) is 44.5 Å². The van der Waals surface area contributed by atoms with E-state index in [4.69, 9.17) is 0 Å². The summed E-state index contributed by atoms with van der Waals surface area (Å²) >= 11 is 0. The van der Waals surface area contributed by atoms with Crippen molar-refractivity contribution < 1.29 is 9.90 Å². The fraction of sp³-hybridized carbons (Fsp3) is 0.250. The Morgan fingerprint density at radius 3 is 2.28 bits per heavy atom. The minimum atomic E-state index is -0.853. The van der Waals surface area contributed by atoms with Gasteiger partial charge in [-0.15, -0.1) is 0 Å². The topological polar surface area (TPSA) is 103 Å². The van der Waals surface area contributed by atoms with Gasteiger partial charge in [0.1, 0.15) is 0 Å². The molecule has 6 heteroatoms. The molecular formula is C12H10N2O4. The number of carboxylic acids is 1. The number of H-pyrrole nitrogens is 2. The number of hydrogen-bond acceptors (Lipinski definition) is 3. The Morgan fingerprint density at radius 2 is 1.72 bits per heavy atom. The van der Waals surface area contributed by atoms with Crippen LogP contribution in [-0.2, 0) is 10.2 Å². The van der Waals surface area contributed by atoms with E-state index in [9.17, 15) is 19.5 Å². The number of carbonyl (C=O) groups is 1. The van der Waals surface area contributed by atoms with Gasteiger partial charge in [-0.25, -0.2) is 0 Å². The Kier molecular flexibility index (Phi) is 1.98. The van der Waals surface area contributed by atoms with Gasteiger partial charge < -0.3 is 15.1 Å². The zero-order valence-electron chi connectivity index (χ0n) is 9.32. The van der Waals surface area contributed by atoms with Crippen LogP contribution in [0, 0.1) is 0 Å². The molecular weight excluding hydrogens is 236 g/mol. The lowest BCUT2D eigenvalue weighted by molar-refractivity contribution is -0.140. The number of hydrogen-bond donors (Lipinski definition) is 3. The molecule has 0 radical (unpaired) electrons. The SMILES string of the molecule is O=C(O)C1(c2ccc3[nH]c(=O)c(=O)[nH]c3c2)CC1. The predicted molar refractivity (Wildman–Crippen MR) is 63.7 cm³/mol. The fourth-order valence-electron chi connectivity index (χ4n) is 2.16. The second-order valence-electron chi connectivity index (χ2n) is 4.56. The van der Waals surface area contributed by atoms with Crippen molar-refractivity contribution in [2.75, 3.05) is 0 Å². The third-order valence-electron chi connectivity index (χ3n) is 3.43. The van der Waals surface area contributed by atoms with Crippen LogP contribution in [0.2, 0.25) is 0 Å². The first kappa shape index (κ1) is 10.8. The van der Waals surface area contributed by atoms with Crippen molar-refractivity contribution in [2.45, 2.75) is 18.3 Å². The molecule has 0 amide bonds. The largest absolute Gasteiger partial charge is 0.481 e. The van der Waals surface area contributed by atoms with E-state index in [1.165, 1.54) is 0 Å². The molecule has 0 atom stereocenters. The van der Waals surface area contributed by atoms with Crippen LogP contribution in [0.3, 0.4) is 0 Å². The van der Waals surface area contributed by atoms with Crippen molar-refractivity contribution in [3.63, 3.8) is 0 Å². The molecule has 1 aromatic heterocycles. The first-order chi connectivity index (χ1) is 8.53. The van der Waals surface area contributed by atoms with Gasteiger partial charge in [0, 0.05) is 0 Å². The lowest BCUT2D eigenvalue weighted by Gasteiger charge is -2.10. The van der Waals surface area contributed by atoms with Gasteiger partial charge in [0.15, 0.2) is 0 Å². The smallest absolute Gasteiger partial charge is 0.314 e. The van der Waals surface area contributed by atoms with E-state index in [1.807, 2.05) is 0 Å². The maximum atomic E-state index is 11.2. The van der Waals surface area contributed by atoms with Gasteiger partial charge in [-0.2, -0.15) is 0 Å². The Morgan fingerprint density at radius 1 is 1.11 bits per heavy atom. The summed E-state index contributed by atoms with van der Waals surface area (Å²) < 4.78 is 0. The number of rotatable bonds is 2. The molecule has 0 bridgehead atoms. The molecule has 0 spiro atoms. The zero-order chi connectivity index (χ0) is 12.9. The van der Waals surface area contributed by atoms with Crippen molar-refractivity contribution in [3.8, 4) is 0 Å². The summed E-state index contributed by atoms with van der Waals surface area (Å²) in [7, 11) is 0. The Bertz CT molecular complexity index is 767. The van der Waals surface area contributed by atoms with Gasteiger partial charge in [-0.1, -0.05) is 6.07 Å². The standard InChI is InChI=1S/C12H10N2O4/c15-9-10(16)14-8-5-6(1-2-7(8)13-9)12(3-4-12)11(17)18/h1-2,5H,3-4H2,(H,13,15)(H,14,16)(H,17,18). The number of aliphatic carboxylic acids is 1. The average molecular weight is 246 g/mol. The van der Waals surface area contributed by atoms with Gasteiger partial charge in [-0.05, 0) is 30.5 Å². The molecule has 3 rings (SSSR count). The number of aromatic amines is 2. The highest BCUT2D eigenvalue weighted by atomic mass is 16.4. The van der Waals surface area contributed by atoms with Crippen molar-refractivity contribution in [2.24, 2.45) is 0 Å². The van der Waals surface area contributed by atoms with E-state index in [1.54, 1.807) is 18.2 Å². The third kappa shape index (κ3) is 1.38. The van der Waals surface area contributed by atoms with E-state index >= 15 is 0 Å². The molecule has 1 heterocycles. The van der Waals surface area contributed by atoms with E-state index < -0.39 is 22.5 Å². The van der Waals surface area contributed by atoms with Crippen LogP contribution >= 0.6 is 0 Å². The van der Waals surface area contributed by atoms with Crippen molar-refractivity contribution >= 4 is 17.0 Å². The lowest BCUT2D eigenvalue weighted by atomic mass is 9.96. The molecule has 0 saturated heterocycles. The first-order valence-corrected chi connectivity index (χ1v) is 5.53. The highest BCUT2D eigenvalue weighted by Gasteiger charge is 2.51. The first-order valence-electron chi connectivity index (χ1n) is 5.53. The number of aromatic nitrogens is 2. The summed E-state index contributed by atoms with van der Waals surface area (Å²) in [6.07, 6.45) is 1.20. The molecule has 1 aliphatic rings. The summed E-state index contributed by atoms with van der Waals surface area (Å²) in [6, 6.07) is 4.91. The zero-order valence-corrected chi connectivity index (χ0v) is 9.32. The number of nitrogens with one attached hydrogen (secondary N) is 2. The molecule has 1 aromatic carbocycles. The van der Waals surface area contributed by atoms with Crippen molar-refractivity contribution in [1.29, 1.82) is 0 Å². The summed E-state index contributed by atoms with van der Waals surface area (Å²) in [5.74, 6) is -0.853. The normalized spacial score (nSPS) is 16.7. The highest BCUT2D eigenvalue weighted by Crippen LogP contribution is 2.48. The van der Waals surface area contributed by atoms with Crippen molar-refractivity contribution in [1.82, 2.24) is 9.97 Å². The average Bonchev–Trinajstić information content (AvgIpc) is 3.11. The Hall–Kier alpha value is -2.37. The van der Waals surface area contributed by atoms with Crippen LogP contribution < -0.4 is 11.1 Å². The van der Waals surface area contributed by atoms with Crippen LogP contribution in [-0.4, -0.2) is 21.0 Å². The van der Waals surface area contributed by atoms with Crippen LogP contribution in [0.25, 0.3) is 11.0 Å². The summed E-state index contributed by atoms with van der Waals surface area (Å²) in [5, 5.41) is 9.20. The highest BCUT2D eigenvalue weighted by molar-refractivity contribution is 5.87. The predicted octanol–water partition coefficient (Wildman–Crippen LogP) is 0.333. The molecule has 18 heavy (non-hydrogen) atoms.